The van der Waals surface area contributed by atoms with Crippen LogP contribution in [-0.4, -0.2) is 13.7 Å². The topological polar surface area (TPSA) is 93.8 Å². The van der Waals surface area contributed by atoms with E-state index in [-0.39, 0.29) is 16.4 Å². The molecule has 0 saturated heterocycles. The highest BCUT2D eigenvalue weighted by Gasteiger charge is 2.27. The molecule has 5 nitrogen and oxygen atoms in total. The largest absolute Gasteiger partial charge is 0.283 e. The van der Waals surface area contributed by atoms with E-state index in [1.54, 1.807) is 0 Å². The lowest BCUT2D eigenvalue weighted by Crippen LogP contribution is -2.29. The molecule has 2 rings (SSSR count). The number of sulfonamides is 1. The van der Waals surface area contributed by atoms with E-state index < -0.39 is 10.0 Å². The number of anilines is 1. The van der Waals surface area contributed by atoms with Crippen LogP contribution >= 0.6 is 0 Å². The van der Waals surface area contributed by atoms with Crippen molar-refractivity contribution in [2.45, 2.75) is 37.4 Å². The van der Waals surface area contributed by atoms with Crippen LogP contribution in [0.5, 0.6) is 0 Å². The lowest BCUT2D eigenvalue weighted by atomic mass is 10.0. The summed E-state index contributed by atoms with van der Waals surface area (Å²) in [5, 5.41) is 17.4. The summed E-state index contributed by atoms with van der Waals surface area (Å²) >= 11 is 0. The average molecular weight is 289 g/mol. The van der Waals surface area contributed by atoms with Crippen molar-refractivity contribution < 1.29 is 8.42 Å². The Kier molecular flexibility index (Phi) is 4.26. The van der Waals surface area contributed by atoms with Crippen LogP contribution in [0.4, 0.5) is 5.69 Å². The summed E-state index contributed by atoms with van der Waals surface area (Å²) < 4.78 is 27.0. The number of hydrogen-bond acceptors (Lipinski definition) is 4. The van der Waals surface area contributed by atoms with Crippen LogP contribution in [0.25, 0.3) is 0 Å². The highest BCUT2D eigenvalue weighted by atomic mass is 32.2. The van der Waals surface area contributed by atoms with Crippen LogP contribution in [0.3, 0.4) is 0 Å². The molecular formula is C14H15N3O2S. The molecule has 1 aliphatic carbocycles. The Labute approximate surface area is 118 Å². The summed E-state index contributed by atoms with van der Waals surface area (Å²) in [5.41, 5.74) is 0.760. The molecule has 1 fully saturated rings. The van der Waals surface area contributed by atoms with Gasteiger partial charge in [-0.15, -0.1) is 0 Å². The van der Waals surface area contributed by atoms with E-state index in [0.29, 0.717) is 18.5 Å². The van der Waals surface area contributed by atoms with Crippen molar-refractivity contribution in [3.8, 4) is 12.1 Å². The summed E-state index contributed by atoms with van der Waals surface area (Å²) in [4.78, 5) is 0. The van der Waals surface area contributed by atoms with E-state index in [1.165, 1.54) is 18.2 Å². The third-order valence-electron chi connectivity index (χ3n) is 3.51. The average Bonchev–Trinajstić information content (AvgIpc) is 2.47. The van der Waals surface area contributed by atoms with Crippen LogP contribution < -0.4 is 4.72 Å². The first kappa shape index (κ1) is 14.4. The van der Waals surface area contributed by atoms with Crippen molar-refractivity contribution in [3.63, 3.8) is 0 Å². The van der Waals surface area contributed by atoms with Gasteiger partial charge in [-0.05, 0) is 31.0 Å². The van der Waals surface area contributed by atoms with Crippen LogP contribution in [0.15, 0.2) is 18.2 Å². The molecule has 0 aromatic heterocycles. The monoisotopic (exact) mass is 289 g/mol. The van der Waals surface area contributed by atoms with E-state index in [4.69, 9.17) is 10.5 Å². The van der Waals surface area contributed by atoms with Crippen LogP contribution in [0.2, 0.25) is 0 Å². The van der Waals surface area contributed by atoms with Gasteiger partial charge in [0, 0.05) is 5.69 Å². The molecule has 0 atom stereocenters. The third-order valence-corrected chi connectivity index (χ3v) is 5.38. The van der Waals surface area contributed by atoms with Crippen LogP contribution in [0.1, 0.15) is 43.2 Å². The number of nitrogens with one attached hydrogen (secondary N) is 1. The predicted molar refractivity (Wildman–Crippen MR) is 75.3 cm³/mol. The maximum atomic E-state index is 12.3. The molecule has 1 saturated carbocycles. The fraction of sp³-hybridized carbons (Fsp3) is 0.429. The van der Waals surface area contributed by atoms with E-state index in [1.807, 2.05) is 12.1 Å². The van der Waals surface area contributed by atoms with Crippen molar-refractivity contribution in [1.29, 1.82) is 10.5 Å². The molecule has 0 unspecified atom stereocenters. The van der Waals surface area contributed by atoms with Gasteiger partial charge in [-0.2, -0.15) is 10.5 Å². The van der Waals surface area contributed by atoms with Crippen molar-refractivity contribution in [2.24, 2.45) is 0 Å². The Hall–Kier alpha value is -2.05. The van der Waals surface area contributed by atoms with Crippen LogP contribution in [-0.2, 0) is 10.0 Å². The second kappa shape index (κ2) is 5.94. The van der Waals surface area contributed by atoms with Crippen molar-refractivity contribution >= 4 is 15.7 Å². The summed E-state index contributed by atoms with van der Waals surface area (Å²) in [6, 6.07) is 8.17. The molecule has 1 aliphatic rings. The summed E-state index contributed by atoms with van der Waals surface area (Å²) in [5.74, 6) is 0. The first-order valence-electron chi connectivity index (χ1n) is 6.52. The van der Waals surface area contributed by atoms with Gasteiger partial charge in [0.05, 0.1) is 16.4 Å². The van der Waals surface area contributed by atoms with E-state index >= 15 is 0 Å². The normalized spacial score (nSPS) is 16.1. The summed E-state index contributed by atoms with van der Waals surface area (Å²) in [6.45, 7) is 0. The van der Waals surface area contributed by atoms with Crippen molar-refractivity contribution in [3.05, 3.63) is 29.3 Å². The van der Waals surface area contributed by atoms with Gasteiger partial charge in [-0.25, -0.2) is 8.42 Å². The molecule has 1 N–H and O–H groups in total. The van der Waals surface area contributed by atoms with E-state index in [0.717, 1.165) is 19.3 Å². The maximum Gasteiger partial charge on any atom is 0.235 e. The molecular weight excluding hydrogens is 274 g/mol. The molecule has 0 amide bonds. The number of benzene rings is 1. The second-order valence-electron chi connectivity index (χ2n) is 4.89. The first-order valence-corrected chi connectivity index (χ1v) is 8.07. The van der Waals surface area contributed by atoms with Gasteiger partial charge in [-0.1, -0.05) is 19.3 Å². The summed E-state index contributed by atoms with van der Waals surface area (Å²) in [6.07, 6.45) is 4.31. The highest BCUT2D eigenvalue weighted by molar-refractivity contribution is 7.93. The third kappa shape index (κ3) is 3.09. The molecule has 1 aromatic rings. The minimum atomic E-state index is -3.42. The van der Waals surface area contributed by atoms with E-state index in [9.17, 15) is 8.42 Å². The quantitative estimate of drug-likeness (QED) is 0.925. The smallest absolute Gasteiger partial charge is 0.235 e. The highest BCUT2D eigenvalue weighted by Crippen LogP contribution is 2.25. The molecule has 0 heterocycles. The minimum Gasteiger partial charge on any atom is -0.283 e. The lowest BCUT2D eigenvalue weighted by Gasteiger charge is -2.22. The zero-order valence-electron chi connectivity index (χ0n) is 11.0. The molecule has 0 aliphatic heterocycles. The number of hydrogen-bond donors (Lipinski definition) is 1. The Morgan fingerprint density at radius 2 is 1.70 bits per heavy atom. The maximum absolute atomic E-state index is 12.3. The van der Waals surface area contributed by atoms with Gasteiger partial charge in [0.1, 0.15) is 12.1 Å². The molecule has 0 spiro atoms. The summed E-state index contributed by atoms with van der Waals surface area (Å²) in [7, 11) is -3.42. The van der Waals surface area contributed by atoms with Gasteiger partial charge in [0.25, 0.3) is 0 Å². The lowest BCUT2D eigenvalue weighted by molar-refractivity contribution is 0.486. The van der Waals surface area contributed by atoms with E-state index in [2.05, 4.69) is 4.72 Å². The second-order valence-corrected chi connectivity index (χ2v) is 6.85. The SMILES string of the molecule is N#Cc1ccc(NS(=O)(=O)C2CCCCC2)cc1C#N. The van der Waals surface area contributed by atoms with Crippen molar-refractivity contribution in [1.82, 2.24) is 0 Å². The zero-order valence-corrected chi connectivity index (χ0v) is 11.8. The number of nitriles is 2. The molecule has 20 heavy (non-hydrogen) atoms. The molecule has 0 bridgehead atoms. The van der Waals surface area contributed by atoms with Gasteiger partial charge < -0.3 is 0 Å². The molecule has 0 radical (unpaired) electrons. The Morgan fingerprint density at radius 1 is 1.05 bits per heavy atom. The zero-order chi connectivity index (χ0) is 14.6. The van der Waals surface area contributed by atoms with Gasteiger partial charge in [0.2, 0.25) is 10.0 Å². The fourth-order valence-electron chi connectivity index (χ4n) is 2.42. The minimum absolute atomic E-state index is 0.177. The molecule has 6 heteroatoms. The standard InChI is InChI=1S/C14H15N3O2S/c15-9-11-6-7-13(8-12(11)10-16)17-20(18,19)14-4-2-1-3-5-14/h6-8,14,17H,1-5H2. The fourth-order valence-corrected chi connectivity index (χ4v) is 4.00. The Morgan fingerprint density at radius 3 is 2.30 bits per heavy atom. The Balaban J connectivity index is 2.21. The van der Waals surface area contributed by atoms with Crippen LogP contribution in [0, 0.1) is 22.7 Å². The molecule has 104 valence electrons. The van der Waals surface area contributed by atoms with Gasteiger partial charge >= 0.3 is 0 Å². The van der Waals surface area contributed by atoms with Crippen molar-refractivity contribution in [2.75, 3.05) is 4.72 Å². The number of nitrogens with zero attached hydrogens (tertiary/aromatic N) is 2. The predicted octanol–water partition coefficient (Wildman–Crippen LogP) is 2.50. The molecule has 1 aromatic carbocycles. The van der Waals surface area contributed by atoms with Gasteiger partial charge in [-0.3, -0.25) is 4.72 Å². The number of rotatable bonds is 3. The van der Waals surface area contributed by atoms with Gasteiger partial charge in [0.15, 0.2) is 0 Å². The first-order chi connectivity index (χ1) is 9.56. The Bertz CT molecular complexity index is 677.